The molecule has 0 fully saturated rings. The van der Waals surface area contributed by atoms with Crippen molar-refractivity contribution in [3.05, 3.63) is 52.2 Å². The number of aryl methyl sites for hydroxylation is 1. The summed E-state index contributed by atoms with van der Waals surface area (Å²) in [5.41, 5.74) is 1.41. The van der Waals surface area contributed by atoms with Crippen LogP contribution >= 0.6 is 11.3 Å². The molecule has 1 aromatic carbocycles. The number of unbranched alkanes of at least 4 members (excludes halogenated alkanes) is 2. The molecule has 1 heterocycles. The summed E-state index contributed by atoms with van der Waals surface area (Å²) in [7, 11) is 0. The van der Waals surface area contributed by atoms with Crippen LogP contribution in [0.25, 0.3) is 0 Å². The monoisotopic (exact) mass is 260 g/mol. The van der Waals surface area contributed by atoms with Crippen molar-refractivity contribution in [2.75, 3.05) is 0 Å². The van der Waals surface area contributed by atoms with E-state index in [0.29, 0.717) is 6.61 Å². The molecule has 1 aromatic heterocycles. The summed E-state index contributed by atoms with van der Waals surface area (Å²) in [6.45, 7) is 2.91. The maximum Gasteiger partial charge on any atom is 0.122 e. The molecule has 0 aliphatic carbocycles. The van der Waals surface area contributed by atoms with Crippen LogP contribution < -0.4 is 4.74 Å². The molecule has 0 spiro atoms. The fraction of sp³-hybridized carbons (Fsp3) is 0.375. The van der Waals surface area contributed by atoms with Gasteiger partial charge in [-0.3, -0.25) is 0 Å². The Balaban J connectivity index is 1.80. The molecule has 0 saturated carbocycles. The minimum atomic E-state index is 0.673. The van der Waals surface area contributed by atoms with Crippen LogP contribution in [0.15, 0.2) is 41.8 Å². The highest BCUT2D eigenvalue weighted by Crippen LogP contribution is 2.17. The van der Waals surface area contributed by atoms with Gasteiger partial charge in [-0.1, -0.05) is 38.0 Å². The Labute approximate surface area is 113 Å². The van der Waals surface area contributed by atoms with Crippen LogP contribution in [0.1, 0.15) is 36.6 Å². The molecule has 0 aliphatic rings. The first-order chi connectivity index (χ1) is 8.88. The molecule has 0 amide bonds. The number of rotatable bonds is 7. The standard InChI is InChI=1S/C16H20OS/c1-2-3-4-6-14-8-10-15(11-9-14)17-13-16-7-5-12-18-16/h5,7-12H,2-4,6,13H2,1H3. The first-order valence-corrected chi connectivity index (χ1v) is 7.50. The lowest BCUT2D eigenvalue weighted by Crippen LogP contribution is -1.93. The largest absolute Gasteiger partial charge is 0.488 e. The zero-order valence-electron chi connectivity index (χ0n) is 10.9. The molecule has 0 N–H and O–H groups in total. The summed E-state index contributed by atoms with van der Waals surface area (Å²) in [4.78, 5) is 1.27. The van der Waals surface area contributed by atoms with Gasteiger partial charge in [-0.2, -0.15) is 0 Å². The van der Waals surface area contributed by atoms with Gasteiger partial charge >= 0.3 is 0 Å². The summed E-state index contributed by atoms with van der Waals surface area (Å²) >= 11 is 1.73. The maximum atomic E-state index is 5.74. The summed E-state index contributed by atoms with van der Waals surface area (Å²) in [5, 5.41) is 2.08. The van der Waals surface area contributed by atoms with Crippen molar-refractivity contribution in [2.45, 2.75) is 39.2 Å². The van der Waals surface area contributed by atoms with E-state index >= 15 is 0 Å². The zero-order valence-corrected chi connectivity index (χ0v) is 11.7. The van der Waals surface area contributed by atoms with Crippen LogP contribution in [0.3, 0.4) is 0 Å². The van der Waals surface area contributed by atoms with E-state index in [1.54, 1.807) is 11.3 Å². The molecule has 1 nitrogen and oxygen atoms in total. The summed E-state index contributed by atoms with van der Waals surface area (Å²) in [6, 6.07) is 12.7. The van der Waals surface area contributed by atoms with E-state index in [0.717, 1.165) is 5.75 Å². The molecule has 2 heteroatoms. The Morgan fingerprint density at radius 1 is 1.06 bits per heavy atom. The van der Waals surface area contributed by atoms with E-state index in [9.17, 15) is 0 Å². The van der Waals surface area contributed by atoms with Crippen LogP contribution in [0.4, 0.5) is 0 Å². The minimum absolute atomic E-state index is 0.673. The quantitative estimate of drug-likeness (QED) is 0.632. The highest BCUT2D eigenvalue weighted by atomic mass is 32.1. The number of hydrogen-bond donors (Lipinski definition) is 0. The maximum absolute atomic E-state index is 5.74. The van der Waals surface area contributed by atoms with Crippen LogP contribution in [0.5, 0.6) is 5.75 Å². The Kier molecular flexibility index (Phi) is 5.28. The normalized spacial score (nSPS) is 10.5. The molecular weight excluding hydrogens is 240 g/mol. The van der Waals surface area contributed by atoms with Gasteiger partial charge < -0.3 is 4.74 Å². The third-order valence-electron chi connectivity index (χ3n) is 2.95. The third kappa shape index (κ3) is 4.19. The average Bonchev–Trinajstić information content (AvgIpc) is 2.91. The first kappa shape index (κ1) is 13.2. The second-order valence-corrected chi connectivity index (χ2v) is 5.50. The lowest BCUT2D eigenvalue weighted by atomic mass is 10.1. The fourth-order valence-electron chi connectivity index (χ4n) is 1.88. The van der Waals surface area contributed by atoms with Crippen LogP contribution in [-0.2, 0) is 13.0 Å². The number of hydrogen-bond acceptors (Lipinski definition) is 2. The molecule has 0 aliphatic heterocycles. The summed E-state index contributed by atoms with van der Waals surface area (Å²) in [5.74, 6) is 0.961. The molecule has 2 aromatic rings. The lowest BCUT2D eigenvalue weighted by Gasteiger charge is -2.06. The topological polar surface area (TPSA) is 9.23 Å². The van der Waals surface area contributed by atoms with Gasteiger partial charge in [-0.15, -0.1) is 11.3 Å². The second-order valence-electron chi connectivity index (χ2n) is 4.47. The highest BCUT2D eigenvalue weighted by Gasteiger charge is 1.98. The van der Waals surface area contributed by atoms with Crippen molar-refractivity contribution in [2.24, 2.45) is 0 Å². The van der Waals surface area contributed by atoms with Gasteiger partial charge in [0.05, 0.1) is 0 Å². The van der Waals surface area contributed by atoms with Gasteiger partial charge in [0.1, 0.15) is 12.4 Å². The van der Waals surface area contributed by atoms with Crippen LogP contribution in [-0.4, -0.2) is 0 Å². The van der Waals surface area contributed by atoms with Gasteiger partial charge in [-0.25, -0.2) is 0 Å². The first-order valence-electron chi connectivity index (χ1n) is 6.62. The highest BCUT2D eigenvalue weighted by molar-refractivity contribution is 7.09. The molecular formula is C16H20OS. The molecule has 0 atom stereocenters. The average molecular weight is 260 g/mol. The van der Waals surface area contributed by atoms with Gasteiger partial charge in [0.25, 0.3) is 0 Å². The van der Waals surface area contributed by atoms with Crippen molar-refractivity contribution < 1.29 is 4.74 Å². The summed E-state index contributed by atoms with van der Waals surface area (Å²) in [6.07, 6.45) is 5.06. The van der Waals surface area contributed by atoms with Gasteiger partial charge in [0.2, 0.25) is 0 Å². The Hall–Kier alpha value is -1.28. The van der Waals surface area contributed by atoms with E-state index < -0.39 is 0 Å². The van der Waals surface area contributed by atoms with E-state index in [2.05, 4.69) is 48.7 Å². The molecule has 18 heavy (non-hydrogen) atoms. The number of thiophene rings is 1. The van der Waals surface area contributed by atoms with Gasteiger partial charge in [0, 0.05) is 4.88 Å². The SMILES string of the molecule is CCCCCc1ccc(OCc2cccs2)cc1. The van der Waals surface area contributed by atoms with E-state index in [1.165, 1.54) is 36.1 Å². The third-order valence-corrected chi connectivity index (χ3v) is 3.80. The van der Waals surface area contributed by atoms with Crippen molar-refractivity contribution in [1.82, 2.24) is 0 Å². The Bertz CT molecular complexity index is 431. The molecule has 0 bridgehead atoms. The molecule has 96 valence electrons. The summed E-state index contributed by atoms with van der Waals surface area (Å²) < 4.78 is 5.74. The van der Waals surface area contributed by atoms with Crippen LogP contribution in [0, 0.1) is 0 Å². The minimum Gasteiger partial charge on any atom is -0.488 e. The van der Waals surface area contributed by atoms with Gasteiger partial charge in [0.15, 0.2) is 0 Å². The van der Waals surface area contributed by atoms with E-state index in [1.807, 2.05) is 0 Å². The van der Waals surface area contributed by atoms with E-state index in [4.69, 9.17) is 4.74 Å². The second kappa shape index (κ2) is 7.22. The number of benzene rings is 1. The molecule has 0 saturated heterocycles. The molecule has 2 rings (SSSR count). The van der Waals surface area contributed by atoms with Crippen molar-refractivity contribution in [3.8, 4) is 5.75 Å². The molecule has 0 radical (unpaired) electrons. The fourth-order valence-corrected chi connectivity index (χ4v) is 2.50. The zero-order chi connectivity index (χ0) is 12.6. The Morgan fingerprint density at radius 3 is 2.56 bits per heavy atom. The predicted molar refractivity (Wildman–Crippen MR) is 78.3 cm³/mol. The van der Waals surface area contributed by atoms with Crippen molar-refractivity contribution in [1.29, 1.82) is 0 Å². The predicted octanol–water partition coefficient (Wildman–Crippen LogP) is 5.06. The lowest BCUT2D eigenvalue weighted by molar-refractivity contribution is 0.309. The van der Waals surface area contributed by atoms with Crippen LogP contribution in [0.2, 0.25) is 0 Å². The Morgan fingerprint density at radius 2 is 1.89 bits per heavy atom. The van der Waals surface area contributed by atoms with Gasteiger partial charge in [-0.05, 0) is 42.0 Å². The number of ether oxygens (including phenoxy) is 1. The van der Waals surface area contributed by atoms with Crippen molar-refractivity contribution >= 4 is 11.3 Å². The molecule has 0 unspecified atom stereocenters. The smallest absolute Gasteiger partial charge is 0.122 e. The van der Waals surface area contributed by atoms with E-state index in [-0.39, 0.29) is 0 Å². The van der Waals surface area contributed by atoms with Crippen molar-refractivity contribution in [3.63, 3.8) is 0 Å².